The van der Waals surface area contributed by atoms with E-state index in [1.165, 1.54) is 5.56 Å². The van der Waals surface area contributed by atoms with Gasteiger partial charge >= 0.3 is 0 Å². The molecule has 0 aromatic heterocycles. The average Bonchev–Trinajstić information content (AvgIpc) is 2.83. The van der Waals surface area contributed by atoms with Crippen molar-refractivity contribution in [1.82, 2.24) is 0 Å². The molecule has 1 saturated heterocycles. The fourth-order valence-corrected chi connectivity index (χ4v) is 2.07. The normalized spacial score (nSPS) is 18.4. The fourth-order valence-electron chi connectivity index (χ4n) is 2.07. The summed E-state index contributed by atoms with van der Waals surface area (Å²) in [5.41, 5.74) is 1.33. The van der Waals surface area contributed by atoms with Crippen LogP contribution in [0.15, 0.2) is 30.3 Å². The topological polar surface area (TPSA) is 38.7 Å². The molecule has 1 N–H and O–H groups in total. The van der Waals surface area contributed by atoms with Gasteiger partial charge in [-0.05, 0) is 24.8 Å². The zero-order chi connectivity index (χ0) is 11.9. The maximum absolute atomic E-state index is 9.83. The third kappa shape index (κ3) is 4.46. The number of hydrogen-bond donors (Lipinski definition) is 1. The predicted molar refractivity (Wildman–Crippen MR) is 65.7 cm³/mol. The summed E-state index contributed by atoms with van der Waals surface area (Å²) in [6, 6.07) is 10.4. The molecule has 1 aliphatic heterocycles. The molecule has 1 atom stereocenters. The van der Waals surface area contributed by atoms with Gasteiger partial charge in [0, 0.05) is 6.42 Å². The SMILES string of the molecule is OC(CCCc1ccccc1)CC1OCCO1. The highest BCUT2D eigenvalue weighted by Crippen LogP contribution is 2.14. The van der Waals surface area contributed by atoms with Crippen LogP contribution in [0, 0.1) is 0 Å². The molecule has 1 fully saturated rings. The van der Waals surface area contributed by atoms with E-state index >= 15 is 0 Å². The molecule has 1 heterocycles. The lowest BCUT2D eigenvalue weighted by atomic mass is 10.0. The van der Waals surface area contributed by atoms with E-state index in [1.807, 2.05) is 18.2 Å². The first-order valence-electron chi connectivity index (χ1n) is 6.30. The maximum Gasteiger partial charge on any atom is 0.160 e. The zero-order valence-electron chi connectivity index (χ0n) is 10.0. The largest absolute Gasteiger partial charge is 0.393 e. The quantitative estimate of drug-likeness (QED) is 0.822. The van der Waals surface area contributed by atoms with Gasteiger partial charge in [-0.1, -0.05) is 30.3 Å². The molecular weight excluding hydrogens is 216 g/mol. The second-order valence-corrected chi connectivity index (χ2v) is 4.44. The minimum absolute atomic E-state index is 0.193. The van der Waals surface area contributed by atoms with Gasteiger partial charge in [-0.2, -0.15) is 0 Å². The van der Waals surface area contributed by atoms with E-state index in [2.05, 4.69) is 12.1 Å². The van der Waals surface area contributed by atoms with E-state index in [9.17, 15) is 5.11 Å². The van der Waals surface area contributed by atoms with Gasteiger partial charge in [0.25, 0.3) is 0 Å². The number of ether oxygens (including phenoxy) is 2. The number of aliphatic hydroxyl groups is 1. The summed E-state index contributed by atoms with van der Waals surface area (Å²) in [5.74, 6) is 0. The lowest BCUT2D eigenvalue weighted by molar-refractivity contribution is -0.0712. The van der Waals surface area contributed by atoms with Crippen LogP contribution in [0.3, 0.4) is 0 Å². The van der Waals surface area contributed by atoms with Crippen LogP contribution in [-0.4, -0.2) is 30.7 Å². The van der Waals surface area contributed by atoms with E-state index in [4.69, 9.17) is 9.47 Å². The Balaban J connectivity index is 1.61. The molecule has 0 aliphatic carbocycles. The molecule has 3 nitrogen and oxygen atoms in total. The minimum atomic E-state index is -0.318. The first-order chi connectivity index (χ1) is 8.34. The summed E-state index contributed by atoms with van der Waals surface area (Å²) < 4.78 is 10.6. The Labute approximate surface area is 102 Å². The van der Waals surface area contributed by atoms with Crippen molar-refractivity contribution in [3.8, 4) is 0 Å². The molecule has 17 heavy (non-hydrogen) atoms. The van der Waals surface area contributed by atoms with Crippen LogP contribution in [0.5, 0.6) is 0 Å². The lowest BCUT2D eigenvalue weighted by Crippen LogP contribution is -2.18. The Bertz CT molecular complexity index is 307. The van der Waals surface area contributed by atoms with Gasteiger partial charge in [0.15, 0.2) is 6.29 Å². The van der Waals surface area contributed by atoms with Crippen molar-refractivity contribution in [2.24, 2.45) is 0 Å². The first kappa shape index (κ1) is 12.6. The van der Waals surface area contributed by atoms with Gasteiger partial charge < -0.3 is 14.6 Å². The average molecular weight is 236 g/mol. The molecular formula is C14H20O3. The van der Waals surface area contributed by atoms with Crippen molar-refractivity contribution in [3.63, 3.8) is 0 Å². The Kier molecular flexibility index (Phi) is 4.98. The van der Waals surface area contributed by atoms with Crippen molar-refractivity contribution in [2.45, 2.75) is 38.1 Å². The molecule has 1 unspecified atom stereocenters. The number of rotatable bonds is 6. The summed E-state index contributed by atoms with van der Waals surface area (Å²) in [7, 11) is 0. The van der Waals surface area contributed by atoms with Crippen LogP contribution in [0.25, 0.3) is 0 Å². The monoisotopic (exact) mass is 236 g/mol. The highest BCUT2D eigenvalue weighted by atomic mass is 16.7. The molecule has 0 spiro atoms. The van der Waals surface area contributed by atoms with Gasteiger partial charge in [0.2, 0.25) is 0 Å². The van der Waals surface area contributed by atoms with Crippen molar-refractivity contribution in [1.29, 1.82) is 0 Å². The Morgan fingerprint density at radius 3 is 2.59 bits per heavy atom. The molecule has 1 aromatic rings. The second kappa shape index (κ2) is 6.74. The summed E-state index contributed by atoms with van der Waals surface area (Å²) in [6.07, 6.45) is 2.90. The first-order valence-corrected chi connectivity index (χ1v) is 6.30. The van der Waals surface area contributed by atoms with Crippen LogP contribution in [-0.2, 0) is 15.9 Å². The molecule has 94 valence electrons. The highest BCUT2D eigenvalue weighted by Gasteiger charge is 2.19. The summed E-state index contributed by atoms with van der Waals surface area (Å²) in [4.78, 5) is 0. The van der Waals surface area contributed by atoms with Crippen molar-refractivity contribution >= 4 is 0 Å². The van der Waals surface area contributed by atoms with E-state index in [0.29, 0.717) is 19.6 Å². The molecule has 1 aliphatic rings. The Morgan fingerprint density at radius 2 is 1.88 bits per heavy atom. The van der Waals surface area contributed by atoms with Crippen LogP contribution in [0.2, 0.25) is 0 Å². The van der Waals surface area contributed by atoms with Crippen LogP contribution in [0.4, 0.5) is 0 Å². The van der Waals surface area contributed by atoms with Crippen LogP contribution in [0.1, 0.15) is 24.8 Å². The van der Waals surface area contributed by atoms with Crippen molar-refractivity contribution < 1.29 is 14.6 Å². The molecule has 0 amide bonds. The zero-order valence-corrected chi connectivity index (χ0v) is 10.0. The van der Waals surface area contributed by atoms with Crippen LogP contribution >= 0.6 is 0 Å². The van der Waals surface area contributed by atoms with Gasteiger partial charge in [0.1, 0.15) is 0 Å². The van der Waals surface area contributed by atoms with E-state index < -0.39 is 0 Å². The fraction of sp³-hybridized carbons (Fsp3) is 0.571. The minimum Gasteiger partial charge on any atom is -0.393 e. The second-order valence-electron chi connectivity index (χ2n) is 4.44. The van der Waals surface area contributed by atoms with Gasteiger partial charge in [-0.3, -0.25) is 0 Å². The van der Waals surface area contributed by atoms with Crippen LogP contribution < -0.4 is 0 Å². The van der Waals surface area contributed by atoms with E-state index in [1.54, 1.807) is 0 Å². The predicted octanol–water partition coefficient (Wildman–Crippen LogP) is 2.13. The molecule has 0 radical (unpaired) electrons. The molecule has 3 heteroatoms. The van der Waals surface area contributed by atoms with Gasteiger partial charge in [-0.25, -0.2) is 0 Å². The third-order valence-electron chi connectivity index (χ3n) is 3.00. The molecule has 2 rings (SSSR count). The number of hydrogen-bond acceptors (Lipinski definition) is 3. The maximum atomic E-state index is 9.83. The van der Waals surface area contributed by atoms with Crippen molar-refractivity contribution in [3.05, 3.63) is 35.9 Å². The van der Waals surface area contributed by atoms with E-state index in [-0.39, 0.29) is 12.4 Å². The van der Waals surface area contributed by atoms with E-state index in [0.717, 1.165) is 19.3 Å². The number of aryl methyl sites for hydroxylation is 1. The Morgan fingerprint density at radius 1 is 1.18 bits per heavy atom. The third-order valence-corrected chi connectivity index (χ3v) is 3.00. The highest BCUT2D eigenvalue weighted by molar-refractivity contribution is 5.14. The standard InChI is InChI=1S/C14H20O3/c15-13(11-14-16-9-10-17-14)8-4-7-12-5-2-1-3-6-12/h1-3,5-6,13-15H,4,7-11H2. The summed E-state index contributed by atoms with van der Waals surface area (Å²) >= 11 is 0. The Hall–Kier alpha value is -0.900. The van der Waals surface area contributed by atoms with Crippen molar-refractivity contribution in [2.75, 3.05) is 13.2 Å². The molecule has 0 bridgehead atoms. The molecule has 0 saturated carbocycles. The molecule has 1 aromatic carbocycles. The van der Waals surface area contributed by atoms with Gasteiger partial charge in [-0.15, -0.1) is 0 Å². The van der Waals surface area contributed by atoms with Gasteiger partial charge in [0.05, 0.1) is 19.3 Å². The number of aliphatic hydroxyl groups excluding tert-OH is 1. The summed E-state index contributed by atoms with van der Waals surface area (Å²) in [6.45, 7) is 1.31. The lowest BCUT2D eigenvalue weighted by Gasteiger charge is -2.14. The number of benzene rings is 1. The summed E-state index contributed by atoms with van der Waals surface area (Å²) in [5, 5.41) is 9.83. The smallest absolute Gasteiger partial charge is 0.160 e.